The number of nitrogen functional groups attached to an aromatic ring is 1. The second-order valence-electron chi connectivity index (χ2n) is 5.19. The Bertz CT molecular complexity index is 479. The van der Waals surface area contributed by atoms with E-state index in [0.717, 1.165) is 18.8 Å². The molecular weight excluding hydrogens is 272 g/mol. The van der Waals surface area contributed by atoms with E-state index in [-0.39, 0.29) is 5.91 Å². The zero-order valence-electron chi connectivity index (χ0n) is 11.9. The van der Waals surface area contributed by atoms with Crippen LogP contribution in [0.4, 0.5) is 11.5 Å². The number of pyridine rings is 1. The van der Waals surface area contributed by atoms with Crippen molar-refractivity contribution in [2.75, 3.05) is 56.6 Å². The van der Waals surface area contributed by atoms with Crippen LogP contribution in [0.25, 0.3) is 0 Å². The largest absolute Gasteiger partial charge is 0.384 e. The van der Waals surface area contributed by atoms with Gasteiger partial charge in [-0.2, -0.15) is 0 Å². The van der Waals surface area contributed by atoms with E-state index in [0.29, 0.717) is 38.7 Å². The van der Waals surface area contributed by atoms with Crippen molar-refractivity contribution in [3.05, 3.63) is 18.3 Å². The van der Waals surface area contributed by atoms with Gasteiger partial charge in [0.2, 0.25) is 0 Å². The van der Waals surface area contributed by atoms with Crippen LogP contribution < -0.4 is 10.6 Å². The van der Waals surface area contributed by atoms with E-state index in [1.807, 2.05) is 11.0 Å². The Hall–Kier alpha value is -1.86. The van der Waals surface area contributed by atoms with E-state index < -0.39 is 6.10 Å². The fourth-order valence-corrected chi connectivity index (χ4v) is 2.60. The van der Waals surface area contributed by atoms with Crippen molar-refractivity contribution >= 4 is 17.4 Å². The van der Waals surface area contributed by atoms with E-state index in [4.69, 9.17) is 15.2 Å². The molecule has 7 nitrogen and oxygen atoms in total. The molecule has 114 valence electrons. The number of ether oxygens (including phenoxy) is 2. The molecule has 2 aliphatic heterocycles. The van der Waals surface area contributed by atoms with Crippen LogP contribution in [0.3, 0.4) is 0 Å². The molecule has 1 aromatic rings. The molecule has 2 saturated heterocycles. The van der Waals surface area contributed by atoms with E-state index in [9.17, 15) is 4.79 Å². The van der Waals surface area contributed by atoms with E-state index in [2.05, 4.69) is 9.88 Å². The maximum Gasteiger partial charge on any atom is 0.254 e. The third-order valence-corrected chi connectivity index (χ3v) is 3.82. The number of nitrogens with two attached hydrogens (primary N) is 1. The summed E-state index contributed by atoms with van der Waals surface area (Å²) in [5, 5.41) is 0. The summed E-state index contributed by atoms with van der Waals surface area (Å²) in [5.74, 6) is 0.548. The number of hydrogen-bond acceptors (Lipinski definition) is 6. The molecule has 0 aliphatic carbocycles. The first-order valence-electron chi connectivity index (χ1n) is 7.18. The van der Waals surface area contributed by atoms with Gasteiger partial charge >= 0.3 is 0 Å². The van der Waals surface area contributed by atoms with Gasteiger partial charge < -0.3 is 25.0 Å². The Kier molecular flexibility index (Phi) is 4.21. The van der Waals surface area contributed by atoms with Crippen molar-refractivity contribution in [3.8, 4) is 0 Å². The van der Waals surface area contributed by atoms with Gasteiger partial charge in [-0.25, -0.2) is 4.98 Å². The molecule has 2 fully saturated rings. The van der Waals surface area contributed by atoms with Crippen LogP contribution in [0.5, 0.6) is 0 Å². The first-order valence-corrected chi connectivity index (χ1v) is 7.18. The molecule has 0 radical (unpaired) electrons. The molecule has 0 spiro atoms. The summed E-state index contributed by atoms with van der Waals surface area (Å²) < 4.78 is 10.8. The number of anilines is 2. The molecule has 0 aromatic carbocycles. The molecule has 0 bridgehead atoms. The fraction of sp³-hybridized carbons (Fsp3) is 0.571. The number of piperazine rings is 1. The Morgan fingerprint density at radius 1 is 1.24 bits per heavy atom. The Labute approximate surface area is 123 Å². The van der Waals surface area contributed by atoms with Crippen LogP contribution in [0.15, 0.2) is 18.3 Å². The van der Waals surface area contributed by atoms with Gasteiger partial charge in [0.05, 0.1) is 31.7 Å². The van der Waals surface area contributed by atoms with Crippen LogP contribution in [-0.2, 0) is 14.3 Å². The number of rotatable bonds is 2. The molecule has 0 saturated carbocycles. The van der Waals surface area contributed by atoms with Gasteiger partial charge in [0.25, 0.3) is 5.91 Å². The highest BCUT2D eigenvalue weighted by atomic mass is 16.6. The molecule has 7 heteroatoms. The minimum absolute atomic E-state index is 0.0322. The lowest BCUT2D eigenvalue weighted by atomic mass is 10.2. The predicted octanol–water partition coefficient (Wildman–Crippen LogP) is -0.272. The highest BCUT2D eigenvalue weighted by molar-refractivity contribution is 5.81. The molecule has 1 aromatic heterocycles. The first kappa shape index (κ1) is 14.1. The Morgan fingerprint density at radius 3 is 2.67 bits per heavy atom. The summed E-state index contributed by atoms with van der Waals surface area (Å²) in [6, 6.07) is 3.75. The third-order valence-electron chi connectivity index (χ3n) is 3.82. The lowest BCUT2D eigenvalue weighted by Gasteiger charge is -2.37. The molecule has 21 heavy (non-hydrogen) atoms. The van der Waals surface area contributed by atoms with Crippen molar-refractivity contribution in [1.82, 2.24) is 9.88 Å². The van der Waals surface area contributed by atoms with Gasteiger partial charge in [0.1, 0.15) is 5.82 Å². The van der Waals surface area contributed by atoms with Crippen LogP contribution in [0, 0.1) is 0 Å². The van der Waals surface area contributed by atoms with Crippen molar-refractivity contribution in [2.24, 2.45) is 0 Å². The SMILES string of the molecule is Nc1ccc(N2CCN(C(=O)C3COCCO3)CC2)cn1. The summed E-state index contributed by atoms with van der Waals surface area (Å²) in [5.41, 5.74) is 6.63. The van der Waals surface area contributed by atoms with E-state index >= 15 is 0 Å². The minimum Gasteiger partial charge on any atom is -0.384 e. The van der Waals surface area contributed by atoms with Crippen molar-refractivity contribution in [2.45, 2.75) is 6.10 Å². The predicted molar refractivity (Wildman–Crippen MR) is 78.0 cm³/mol. The summed E-state index contributed by atoms with van der Waals surface area (Å²) in [6.45, 7) is 4.36. The van der Waals surface area contributed by atoms with Gasteiger partial charge in [-0.1, -0.05) is 0 Å². The topological polar surface area (TPSA) is 80.9 Å². The van der Waals surface area contributed by atoms with Crippen LogP contribution in [-0.4, -0.2) is 67.9 Å². The van der Waals surface area contributed by atoms with Gasteiger partial charge in [-0.15, -0.1) is 0 Å². The molecular formula is C14H20N4O3. The molecule has 1 unspecified atom stereocenters. The number of nitrogens with zero attached hydrogens (tertiary/aromatic N) is 3. The summed E-state index contributed by atoms with van der Waals surface area (Å²) >= 11 is 0. The molecule has 2 aliphatic rings. The lowest BCUT2D eigenvalue weighted by Crippen LogP contribution is -2.53. The normalized spacial score (nSPS) is 23.1. The number of hydrogen-bond donors (Lipinski definition) is 1. The monoisotopic (exact) mass is 292 g/mol. The van der Waals surface area contributed by atoms with Crippen LogP contribution in [0.2, 0.25) is 0 Å². The minimum atomic E-state index is -0.441. The average Bonchev–Trinajstić information content (AvgIpc) is 2.56. The quantitative estimate of drug-likeness (QED) is 0.808. The first-order chi connectivity index (χ1) is 10.2. The number of aromatic nitrogens is 1. The molecule has 2 N–H and O–H groups in total. The molecule has 3 heterocycles. The van der Waals surface area contributed by atoms with E-state index in [1.165, 1.54) is 0 Å². The maximum atomic E-state index is 12.3. The van der Waals surface area contributed by atoms with Crippen molar-refractivity contribution in [1.29, 1.82) is 0 Å². The number of amides is 1. The second-order valence-corrected chi connectivity index (χ2v) is 5.19. The smallest absolute Gasteiger partial charge is 0.254 e. The zero-order valence-corrected chi connectivity index (χ0v) is 11.9. The average molecular weight is 292 g/mol. The molecule has 1 amide bonds. The van der Waals surface area contributed by atoms with Crippen molar-refractivity contribution < 1.29 is 14.3 Å². The van der Waals surface area contributed by atoms with E-state index in [1.54, 1.807) is 12.3 Å². The summed E-state index contributed by atoms with van der Waals surface area (Å²) in [6.07, 6.45) is 1.33. The standard InChI is InChI=1S/C14H20N4O3/c15-13-2-1-11(9-16-13)17-3-5-18(6-4-17)14(19)12-10-20-7-8-21-12/h1-2,9,12H,3-8,10H2,(H2,15,16). The van der Waals surface area contributed by atoms with Crippen LogP contribution >= 0.6 is 0 Å². The summed E-state index contributed by atoms with van der Waals surface area (Å²) in [7, 11) is 0. The third kappa shape index (κ3) is 3.25. The lowest BCUT2D eigenvalue weighted by molar-refractivity contribution is -0.158. The zero-order chi connectivity index (χ0) is 14.7. The Morgan fingerprint density at radius 2 is 2.05 bits per heavy atom. The highest BCUT2D eigenvalue weighted by Crippen LogP contribution is 2.17. The van der Waals surface area contributed by atoms with Crippen LogP contribution in [0.1, 0.15) is 0 Å². The fourth-order valence-electron chi connectivity index (χ4n) is 2.60. The van der Waals surface area contributed by atoms with Gasteiger partial charge in [-0.3, -0.25) is 4.79 Å². The van der Waals surface area contributed by atoms with Gasteiger partial charge in [-0.05, 0) is 12.1 Å². The number of carbonyl (C=O) groups excluding carboxylic acids is 1. The van der Waals surface area contributed by atoms with Gasteiger partial charge in [0.15, 0.2) is 6.10 Å². The maximum absolute atomic E-state index is 12.3. The molecule has 1 atom stereocenters. The van der Waals surface area contributed by atoms with Gasteiger partial charge in [0, 0.05) is 26.2 Å². The Balaban J connectivity index is 1.54. The molecule has 3 rings (SSSR count). The summed E-state index contributed by atoms with van der Waals surface area (Å²) in [4.78, 5) is 20.5. The second kappa shape index (κ2) is 6.28. The van der Waals surface area contributed by atoms with Crippen molar-refractivity contribution in [3.63, 3.8) is 0 Å². The number of carbonyl (C=O) groups is 1. The highest BCUT2D eigenvalue weighted by Gasteiger charge is 2.29.